The predicted octanol–water partition coefficient (Wildman–Crippen LogP) is 3.51. The van der Waals surface area contributed by atoms with Crippen LogP contribution in [0.3, 0.4) is 0 Å². The number of carbonyl (C=O) groups is 1. The number of aromatic nitrogens is 1. The minimum absolute atomic E-state index is 0.135. The van der Waals surface area contributed by atoms with Crippen molar-refractivity contribution < 1.29 is 4.79 Å². The van der Waals surface area contributed by atoms with Gasteiger partial charge in [-0.2, -0.15) is 5.26 Å². The van der Waals surface area contributed by atoms with Gasteiger partial charge in [0.05, 0.1) is 11.6 Å². The monoisotopic (exact) mass is 392 g/mol. The fraction of sp³-hybridized carbons (Fsp3) is 0.273. The molecule has 6 heteroatoms. The molecule has 5 nitrogen and oxygen atoms in total. The Morgan fingerprint density at radius 3 is 2.50 bits per heavy atom. The fourth-order valence-corrected chi connectivity index (χ4v) is 3.81. The van der Waals surface area contributed by atoms with Crippen LogP contribution in [0.15, 0.2) is 54.7 Å². The molecule has 0 spiro atoms. The minimum Gasteiger partial charge on any atom is -0.339 e. The van der Waals surface area contributed by atoms with E-state index in [1.165, 1.54) is 5.56 Å². The lowest BCUT2D eigenvalue weighted by atomic mass is 10.1. The van der Waals surface area contributed by atoms with Crippen molar-refractivity contribution in [1.82, 2.24) is 14.4 Å². The van der Waals surface area contributed by atoms with Gasteiger partial charge in [-0.25, -0.2) is 0 Å². The van der Waals surface area contributed by atoms with E-state index in [1.807, 2.05) is 64.2 Å². The molecule has 28 heavy (non-hydrogen) atoms. The van der Waals surface area contributed by atoms with Gasteiger partial charge < -0.3 is 9.47 Å². The Morgan fingerprint density at radius 1 is 1.04 bits per heavy atom. The van der Waals surface area contributed by atoms with Crippen LogP contribution in [0.25, 0.3) is 10.9 Å². The summed E-state index contributed by atoms with van der Waals surface area (Å²) in [4.78, 5) is 17.0. The number of piperazine rings is 1. The summed E-state index contributed by atoms with van der Waals surface area (Å²) in [5.41, 5.74) is 2.85. The normalized spacial score (nSPS) is 14.9. The topological polar surface area (TPSA) is 52.3 Å². The number of benzene rings is 2. The van der Waals surface area contributed by atoms with Crippen LogP contribution in [0, 0.1) is 11.3 Å². The SMILES string of the molecule is N#Cc1ccc(CN2CCN(C(=O)Cn3ccc4ccc(Cl)cc43)CC2)cc1. The van der Waals surface area contributed by atoms with Crippen molar-refractivity contribution in [3.8, 4) is 6.07 Å². The van der Waals surface area contributed by atoms with Crippen molar-refractivity contribution in [3.05, 3.63) is 70.9 Å². The lowest BCUT2D eigenvalue weighted by Crippen LogP contribution is -2.49. The Morgan fingerprint density at radius 2 is 1.79 bits per heavy atom. The van der Waals surface area contributed by atoms with E-state index in [0.717, 1.165) is 43.6 Å². The average Bonchev–Trinajstić information content (AvgIpc) is 3.11. The van der Waals surface area contributed by atoms with Crippen LogP contribution in [-0.4, -0.2) is 46.5 Å². The largest absolute Gasteiger partial charge is 0.339 e. The Hall–Kier alpha value is -2.81. The summed E-state index contributed by atoms with van der Waals surface area (Å²) in [5, 5.41) is 10.7. The van der Waals surface area contributed by atoms with E-state index in [4.69, 9.17) is 16.9 Å². The highest BCUT2D eigenvalue weighted by atomic mass is 35.5. The highest BCUT2D eigenvalue weighted by molar-refractivity contribution is 6.31. The van der Waals surface area contributed by atoms with Gasteiger partial charge in [-0.15, -0.1) is 0 Å². The molecule has 3 aromatic rings. The zero-order chi connectivity index (χ0) is 19.5. The van der Waals surface area contributed by atoms with Crippen LogP contribution in [0.2, 0.25) is 5.02 Å². The van der Waals surface area contributed by atoms with Crippen molar-refractivity contribution >= 4 is 28.4 Å². The first-order chi connectivity index (χ1) is 13.6. The first-order valence-corrected chi connectivity index (χ1v) is 9.74. The van der Waals surface area contributed by atoms with Crippen LogP contribution in [0.4, 0.5) is 0 Å². The van der Waals surface area contributed by atoms with E-state index in [9.17, 15) is 4.79 Å². The molecule has 1 aromatic heterocycles. The molecule has 0 N–H and O–H groups in total. The van der Waals surface area contributed by atoms with E-state index >= 15 is 0 Å². The third-order valence-electron chi connectivity index (χ3n) is 5.26. The van der Waals surface area contributed by atoms with E-state index in [-0.39, 0.29) is 5.91 Å². The molecule has 0 bridgehead atoms. The standard InChI is InChI=1S/C22H21ClN4O/c23-20-6-5-19-7-8-27(21(19)13-20)16-22(28)26-11-9-25(10-12-26)15-18-3-1-17(14-24)2-4-18/h1-8,13H,9-12,15-16H2. The van der Waals surface area contributed by atoms with Gasteiger partial charge in [0.2, 0.25) is 5.91 Å². The number of halogens is 1. The molecule has 0 unspecified atom stereocenters. The molecule has 2 aromatic carbocycles. The molecule has 2 heterocycles. The number of fused-ring (bicyclic) bond motifs is 1. The molecular weight excluding hydrogens is 372 g/mol. The maximum Gasteiger partial charge on any atom is 0.242 e. The smallest absolute Gasteiger partial charge is 0.242 e. The van der Waals surface area contributed by atoms with E-state index in [2.05, 4.69) is 11.0 Å². The summed E-state index contributed by atoms with van der Waals surface area (Å²) in [7, 11) is 0. The van der Waals surface area contributed by atoms with Crippen molar-refractivity contribution in [2.45, 2.75) is 13.1 Å². The van der Waals surface area contributed by atoms with Gasteiger partial charge in [0, 0.05) is 49.5 Å². The Kier molecular flexibility index (Phi) is 5.34. The van der Waals surface area contributed by atoms with Crippen LogP contribution >= 0.6 is 11.6 Å². The van der Waals surface area contributed by atoms with Gasteiger partial charge >= 0.3 is 0 Å². The molecule has 4 rings (SSSR count). The molecule has 0 saturated carbocycles. The number of amides is 1. The Balaban J connectivity index is 1.33. The molecule has 1 saturated heterocycles. The number of hydrogen-bond acceptors (Lipinski definition) is 3. The van der Waals surface area contributed by atoms with Gasteiger partial charge in [-0.3, -0.25) is 9.69 Å². The second-order valence-corrected chi connectivity index (χ2v) is 7.55. The van der Waals surface area contributed by atoms with Gasteiger partial charge in [-0.05, 0) is 41.3 Å². The number of hydrogen-bond donors (Lipinski definition) is 0. The van der Waals surface area contributed by atoms with Crippen molar-refractivity contribution in [2.75, 3.05) is 26.2 Å². The number of carbonyl (C=O) groups excluding carboxylic acids is 1. The Bertz CT molecular complexity index is 1030. The first kappa shape index (κ1) is 18.5. The zero-order valence-electron chi connectivity index (χ0n) is 15.5. The molecule has 1 aliphatic heterocycles. The quantitative estimate of drug-likeness (QED) is 0.682. The molecule has 0 atom stereocenters. The minimum atomic E-state index is 0.135. The van der Waals surface area contributed by atoms with E-state index < -0.39 is 0 Å². The van der Waals surface area contributed by atoms with Gasteiger partial charge in [-0.1, -0.05) is 29.8 Å². The summed E-state index contributed by atoms with van der Waals surface area (Å²) < 4.78 is 1.96. The summed E-state index contributed by atoms with van der Waals surface area (Å²) in [6.07, 6.45) is 1.94. The zero-order valence-corrected chi connectivity index (χ0v) is 16.3. The van der Waals surface area contributed by atoms with Crippen molar-refractivity contribution in [2.24, 2.45) is 0 Å². The summed E-state index contributed by atoms with van der Waals surface area (Å²) in [5.74, 6) is 0.135. The van der Waals surface area contributed by atoms with E-state index in [0.29, 0.717) is 17.1 Å². The number of nitrogens with zero attached hydrogens (tertiary/aromatic N) is 4. The highest BCUT2D eigenvalue weighted by Gasteiger charge is 2.21. The third kappa shape index (κ3) is 4.04. The molecule has 1 fully saturated rings. The maximum atomic E-state index is 12.8. The van der Waals surface area contributed by atoms with Gasteiger partial charge in [0.1, 0.15) is 6.54 Å². The van der Waals surface area contributed by atoms with Crippen LogP contribution in [0.5, 0.6) is 0 Å². The van der Waals surface area contributed by atoms with E-state index in [1.54, 1.807) is 0 Å². The third-order valence-corrected chi connectivity index (χ3v) is 5.49. The first-order valence-electron chi connectivity index (χ1n) is 9.36. The predicted molar refractivity (Wildman–Crippen MR) is 110 cm³/mol. The molecular formula is C22H21ClN4O. The number of nitriles is 1. The fourth-order valence-electron chi connectivity index (χ4n) is 3.64. The second-order valence-electron chi connectivity index (χ2n) is 7.11. The highest BCUT2D eigenvalue weighted by Crippen LogP contribution is 2.21. The molecule has 0 radical (unpaired) electrons. The van der Waals surface area contributed by atoms with Crippen LogP contribution < -0.4 is 0 Å². The molecule has 0 aliphatic carbocycles. The maximum absolute atomic E-state index is 12.8. The lowest BCUT2D eigenvalue weighted by molar-refractivity contribution is -0.133. The Labute approximate surface area is 169 Å². The summed E-state index contributed by atoms with van der Waals surface area (Å²) in [6.45, 7) is 4.34. The molecule has 1 aliphatic rings. The van der Waals surface area contributed by atoms with Gasteiger partial charge in [0.15, 0.2) is 0 Å². The van der Waals surface area contributed by atoms with Crippen LogP contribution in [0.1, 0.15) is 11.1 Å². The number of rotatable bonds is 4. The second kappa shape index (κ2) is 8.05. The van der Waals surface area contributed by atoms with Crippen molar-refractivity contribution in [3.63, 3.8) is 0 Å². The molecule has 142 valence electrons. The summed E-state index contributed by atoms with van der Waals surface area (Å²) in [6, 6.07) is 17.6. The molecule has 1 amide bonds. The van der Waals surface area contributed by atoms with Gasteiger partial charge in [0.25, 0.3) is 0 Å². The van der Waals surface area contributed by atoms with Crippen LogP contribution in [-0.2, 0) is 17.9 Å². The lowest BCUT2D eigenvalue weighted by Gasteiger charge is -2.35. The summed E-state index contributed by atoms with van der Waals surface area (Å²) >= 11 is 6.10. The van der Waals surface area contributed by atoms with Crippen molar-refractivity contribution in [1.29, 1.82) is 5.26 Å². The average molecular weight is 393 g/mol.